The molecular formula is C17H17BrN2O2. The van der Waals surface area contributed by atoms with Crippen LogP contribution in [-0.4, -0.2) is 18.7 Å². The number of benzene rings is 2. The quantitative estimate of drug-likeness (QED) is 0.654. The second-order valence-corrected chi connectivity index (χ2v) is 5.77. The monoisotopic (exact) mass is 360 g/mol. The number of hydrogen-bond acceptors (Lipinski definition) is 3. The summed E-state index contributed by atoms with van der Waals surface area (Å²) in [6, 6.07) is 13.5. The summed E-state index contributed by atoms with van der Waals surface area (Å²) in [5, 5.41) is 3.91. The number of halogens is 1. The summed E-state index contributed by atoms with van der Waals surface area (Å²) in [7, 11) is 0. The predicted octanol–water partition coefficient (Wildman–Crippen LogP) is 3.60. The van der Waals surface area contributed by atoms with Gasteiger partial charge in [-0.15, -0.1) is 0 Å². The van der Waals surface area contributed by atoms with Gasteiger partial charge in [0.25, 0.3) is 5.91 Å². The lowest BCUT2D eigenvalue weighted by Gasteiger charge is -2.10. The lowest BCUT2D eigenvalue weighted by molar-refractivity contribution is -0.123. The highest BCUT2D eigenvalue weighted by Gasteiger charge is 2.06. The highest BCUT2D eigenvalue weighted by molar-refractivity contribution is 9.10. The Bertz CT molecular complexity index is 679. The van der Waals surface area contributed by atoms with E-state index < -0.39 is 0 Å². The number of carbonyl (C=O) groups is 1. The number of aryl methyl sites for hydroxylation is 2. The number of nitrogens with zero attached hydrogens (tertiary/aromatic N) is 1. The van der Waals surface area contributed by atoms with Crippen LogP contribution in [0.4, 0.5) is 0 Å². The van der Waals surface area contributed by atoms with Crippen molar-refractivity contribution in [1.82, 2.24) is 5.43 Å². The molecule has 22 heavy (non-hydrogen) atoms. The average Bonchev–Trinajstić information content (AvgIpc) is 2.47. The molecule has 0 unspecified atom stereocenters. The van der Waals surface area contributed by atoms with E-state index in [2.05, 4.69) is 26.5 Å². The van der Waals surface area contributed by atoms with E-state index >= 15 is 0 Å². The zero-order chi connectivity index (χ0) is 15.9. The van der Waals surface area contributed by atoms with Crippen molar-refractivity contribution in [2.45, 2.75) is 13.8 Å². The predicted molar refractivity (Wildman–Crippen MR) is 91.3 cm³/mol. The summed E-state index contributed by atoms with van der Waals surface area (Å²) in [5.41, 5.74) is 5.35. The minimum Gasteiger partial charge on any atom is -0.483 e. The SMILES string of the molecule is Cc1cccc(C)c1OCC(=O)N/N=C/c1cccc(Br)c1. The maximum absolute atomic E-state index is 11.7. The fourth-order valence-corrected chi connectivity index (χ4v) is 2.38. The standard InChI is InChI=1S/C17H17BrN2O2/c1-12-5-3-6-13(2)17(12)22-11-16(21)20-19-10-14-7-4-8-15(18)9-14/h3-10H,11H2,1-2H3,(H,20,21)/b19-10+. The maximum atomic E-state index is 11.7. The average molecular weight is 361 g/mol. The molecule has 0 bridgehead atoms. The van der Waals surface area contributed by atoms with Crippen LogP contribution in [0.2, 0.25) is 0 Å². The molecule has 0 saturated carbocycles. The molecule has 1 N–H and O–H groups in total. The number of hydrazone groups is 1. The number of rotatable bonds is 5. The Morgan fingerprint density at radius 2 is 1.91 bits per heavy atom. The van der Waals surface area contributed by atoms with Gasteiger partial charge < -0.3 is 4.74 Å². The minimum absolute atomic E-state index is 0.0679. The summed E-state index contributed by atoms with van der Waals surface area (Å²) >= 11 is 3.38. The lowest BCUT2D eigenvalue weighted by Crippen LogP contribution is -2.25. The Hall–Kier alpha value is -2.14. The third-order valence-corrected chi connectivity index (χ3v) is 3.50. The van der Waals surface area contributed by atoms with Gasteiger partial charge in [0.05, 0.1) is 6.21 Å². The number of hydrogen-bond donors (Lipinski definition) is 1. The van der Waals surface area contributed by atoms with Crippen LogP contribution in [0.15, 0.2) is 52.0 Å². The first kappa shape index (κ1) is 16.2. The van der Waals surface area contributed by atoms with Crippen LogP contribution in [0.1, 0.15) is 16.7 Å². The number of carbonyl (C=O) groups excluding carboxylic acids is 1. The van der Waals surface area contributed by atoms with Crippen molar-refractivity contribution in [2.75, 3.05) is 6.61 Å². The summed E-state index contributed by atoms with van der Waals surface area (Å²) < 4.78 is 6.52. The molecule has 0 aromatic heterocycles. The molecule has 114 valence electrons. The van der Waals surface area contributed by atoms with E-state index in [9.17, 15) is 4.79 Å². The summed E-state index contributed by atoms with van der Waals surface area (Å²) in [6.07, 6.45) is 1.58. The molecule has 0 aliphatic rings. The summed E-state index contributed by atoms with van der Waals surface area (Å²) in [5.74, 6) is 0.447. The topological polar surface area (TPSA) is 50.7 Å². The molecule has 4 nitrogen and oxygen atoms in total. The Kier molecular flexibility index (Phi) is 5.72. The molecule has 0 heterocycles. The van der Waals surface area contributed by atoms with E-state index in [-0.39, 0.29) is 12.5 Å². The van der Waals surface area contributed by atoms with Crippen molar-refractivity contribution in [1.29, 1.82) is 0 Å². The molecule has 2 aromatic rings. The van der Waals surface area contributed by atoms with Gasteiger partial charge in [-0.3, -0.25) is 4.79 Å². The van der Waals surface area contributed by atoms with Gasteiger partial charge in [0.2, 0.25) is 0 Å². The summed E-state index contributed by atoms with van der Waals surface area (Å²) in [4.78, 5) is 11.7. The van der Waals surface area contributed by atoms with Crippen molar-refractivity contribution in [3.8, 4) is 5.75 Å². The van der Waals surface area contributed by atoms with E-state index in [1.807, 2.05) is 56.3 Å². The van der Waals surface area contributed by atoms with Gasteiger partial charge in [0, 0.05) is 4.47 Å². The molecule has 0 saturated heterocycles. The van der Waals surface area contributed by atoms with Crippen LogP contribution >= 0.6 is 15.9 Å². The van der Waals surface area contributed by atoms with Crippen LogP contribution in [0.5, 0.6) is 5.75 Å². The van der Waals surface area contributed by atoms with Gasteiger partial charge >= 0.3 is 0 Å². The van der Waals surface area contributed by atoms with Crippen LogP contribution < -0.4 is 10.2 Å². The molecule has 1 amide bonds. The Balaban J connectivity index is 1.86. The van der Waals surface area contributed by atoms with Crippen LogP contribution in [-0.2, 0) is 4.79 Å². The van der Waals surface area contributed by atoms with Crippen molar-refractivity contribution in [3.05, 3.63) is 63.6 Å². The van der Waals surface area contributed by atoms with Gasteiger partial charge in [-0.1, -0.05) is 46.3 Å². The van der Waals surface area contributed by atoms with E-state index in [0.29, 0.717) is 0 Å². The number of nitrogens with one attached hydrogen (secondary N) is 1. The van der Waals surface area contributed by atoms with E-state index in [0.717, 1.165) is 26.9 Å². The van der Waals surface area contributed by atoms with Gasteiger partial charge in [-0.05, 0) is 42.7 Å². The van der Waals surface area contributed by atoms with E-state index in [4.69, 9.17) is 4.74 Å². The second-order valence-electron chi connectivity index (χ2n) is 4.86. The maximum Gasteiger partial charge on any atom is 0.277 e. The first-order valence-electron chi connectivity index (χ1n) is 6.83. The van der Waals surface area contributed by atoms with Crippen molar-refractivity contribution in [2.24, 2.45) is 5.10 Å². The van der Waals surface area contributed by atoms with Gasteiger partial charge in [0.1, 0.15) is 5.75 Å². The van der Waals surface area contributed by atoms with Crippen LogP contribution in [0, 0.1) is 13.8 Å². The molecule has 5 heteroatoms. The third kappa shape index (κ3) is 4.70. The first-order valence-corrected chi connectivity index (χ1v) is 7.62. The highest BCUT2D eigenvalue weighted by Crippen LogP contribution is 2.21. The molecule has 0 fully saturated rings. The fourth-order valence-electron chi connectivity index (χ4n) is 1.96. The largest absolute Gasteiger partial charge is 0.483 e. The van der Waals surface area contributed by atoms with E-state index in [1.165, 1.54) is 0 Å². The normalized spacial score (nSPS) is 10.7. The zero-order valence-electron chi connectivity index (χ0n) is 12.5. The molecule has 0 spiro atoms. The Labute approximate surface area is 138 Å². The molecule has 0 aliphatic heterocycles. The number of ether oxygens (including phenoxy) is 1. The van der Waals surface area contributed by atoms with Crippen LogP contribution in [0.25, 0.3) is 0 Å². The molecular weight excluding hydrogens is 344 g/mol. The van der Waals surface area contributed by atoms with Crippen LogP contribution in [0.3, 0.4) is 0 Å². The van der Waals surface area contributed by atoms with Gasteiger partial charge in [-0.25, -0.2) is 5.43 Å². The lowest BCUT2D eigenvalue weighted by atomic mass is 10.1. The van der Waals surface area contributed by atoms with Gasteiger partial charge in [-0.2, -0.15) is 5.10 Å². The molecule has 0 atom stereocenters. The number of para-hydroxylation sites is 1. The highest BCUT2D eigenvalue weighted by atomic mass is 79.9. The minimum atomic E-state index is -0.297. The molecule has 0 radical (unpaired) electrons. The fraction of sp³-hybridized carbons (Fsp3) is 0.176. The van der Waals surface area contributed by atoms with Crippen molar-refractivity contribution in [3.63, 3.8) is 0 Å². The zero-order valence-corrected chi connectivity index (χ0v) is 14.1. The smallest absolute Gasteiger partial charge is 0.277 e. The van der Waals surface area contributed by atoms with Crippen molar-refractivity contribution < 1.29 is 9.53 Å². The number of amides is 1. The molecule has 2 aromatic carbocycles. The molecule has 2 rings (SSSR count). The second kappa shape index (κ2) is 7.75. The van der Waals surface area contributed by atoms with Crippen molar-refractivity contribution >= 4 is 28.1 Å². The first-order chi connectivity index (χ1) is 10.6. The van der Waals surface area contributed by atoms with Gasteiger partial charge in [0.15, 0.2) is 6.61 Å². The molecule has 0 aliphatic carbocycles. The summed E-state index contributed by atoms with van der Waals surface area (Å²) in [6.45, 7) is 3.83. The van der Waals surface area contributed by atoms with E-state index in [1.54, 1.807) is 6.21 Å². The Morgan fingerprint density at radius 3 is 2.59 bits per heavy atom. The Morgan fingerprint density at radius 1 is 1.23 bits per heavy atom. The third-order valence-electron chi connectivity index (χ3n) is 3.01.